The molecule has 0 aliphatic rings. The Bertz CT molecular complexity index is 1210. The molecular formula is C23H25BrN4O4. The van der Waals surface area contributed by atoms with Crippen LogP contribution in [0.15, 0.2) is 34.9 Å². The average Bonchev–Trinajstić information content (AvgIpc) is 2.66. The number of halogens is 1. The van der Waals surface area contributed by atoms with Crippen molar-refractivity contribution in [3.8, 4) is 11.3 Å². The van der Waals surface area contributed by atoms with Gasteiger partial charge in [0.1, 0.15) is 27.2 Å². The standard InChI is InChI=1S/C23H25BrN4O4/c1-22(2,3)31-20(29)15-11-10-12-13(8-7-9-14(12)26-15)16-17(21(30)32-23(4,5)6)28-19(25)18(24)27-16/h7-11H,1-6H3,(H2,25,28). The van der Waals surface area contributed by atoms with Crippen molar-refractivity contribution in [1.29, 1.82) is 0 Å². The number of esters is 2. The second-order valence-electron chi connectivity index (χ2n) is 9.17. The molecule has 0 spiro atoms. The minimum atomic E-state index is -0.722. The van der Waals surface area contributed by atoms with Crippen molar-refractivity contribution in [1.82, 2.24) is 15.0 Å². The molecule has 0 aliphatic carbocycles. The van der Waals surface area contributed by atoms with Crippen LogP contribution in [0, 0.1) is 0 Å². The molecule has 3 rings (SSSR count). The van der Waals surface area contributed by atoms with Crippen molar-refractivity contribution in [2.24, 2.45) is 0 Å². The number of nitrogen functional groups attached to an aromatic ring is 1. The highest BCUT2D eigenvalue weighted by atomic mass is 79.9. The van der Waals surface area contributed by atoms with E-state index >= 15 is 0 Å². The Morgan fingerprint density at radius 1 is 0.875 bits per heavy atom. The second kappa shape index (κ2) is 8.46. The summed E-state index contributed by atoms with van der Waals surface area (Å²) in [6.07, 6.45) is 0. The fraction of sp³-hybridized carbons (Fsp3) is 0.348. The van der Waals surface area contributed by atoms with Crippen molar-refractivity contribution in [3.05, 3.63) is 46.3 Å². The topological polar surface area (TPSA) is 117 Å². The van der Waals surface area contributed by atoms with Crippen molar-refractivity contribution in [2.75, 3.05) is 5.73 Å². The number of fused-ring (bicyclic) bond motifs is 1. The Kier molecular flexibility index (Phi) is 6.24. The van der Waals surface area contributed by atoms with E-state index in [0.717, 1.165) is 0 Å². The lowest BCUT2D eigenvalue weighted by Gasteiger charge is -2.20. The Balaban J connectivity index is 2.15. The maximum Gasteiger partial charge on any atom is 0.359 e. The number of nitrogens with zero attached hydrogens (tertiary/aromatic N) is 3. The number of pyridine rings is 1. The summed E-state index contributed by atoms with van der Waals surface area (Å²) >= 11 is 3.28. The van der Waals surface area contributed by atoms with Crippen LogP contribution in [-0.4, -0.2) is 38.1 Å². The highest BCUT2D eigenvalue weighted by molar-refractivity contribution is 9.10. The molecule has 9 heteroatoms. The summed E-state index contributed by atoms with van der Waals surface area (Å²) in [5.74, 6) is -1.09. The first-order chi connectivity index (χ1) is 14.7. The van der Waals surface area contributed by atoms with Crippen LogP contribution in [0.3, 0.4) is 0 Å². The summed E-state index contributed by atoms with van der Waals surface area (Å²) in [6, 6.07) is 8.63. The van der Waals surface area contributed by atoms with Gasteiger partial charge in [-0.2, -0.15) is 0 Å². The third kappa shape index (κ3) is 5.40. The Morgan fingerprint density at radius 2 is 1.50 bits per heavy atom. The maximum absolute atomic E-state index is 12.9. The zero-order valence-corrected chi connectivity index (χ0v) is 20.4. The van der Waals surface area contributed by atoms with Crippen LogP contribution in [0.5, 0.6) is 0 Å². The van der Waals surface area contributed by atoms with E-state index in [0.29, 0.717) is 21.1 Å². The lowest BCUT2D eigenvalue weighted by molar-refractivity contribution is 0.00511. The first kappa shape index (κ1) is 23.6. The Labute approximate surface area is 194 Å². The third-order valence-corrected chi connectivity index (χ3v) is 4.65. The Morgan fingerprint density at radius 3 is 2.12 bits per heavy atom. The van der Waals surface area contributed by atoms with Gasteiger partial charge in [-0.1, -0.05) is 12.1 Å². The molecule has 0 atom stereocenters. The quantitative estimate of drug-likeness (QED) is 0.501. The molecule has 32 heavy (non-hydrogen) atoms. The van der Waals surface area contributed by atoms with Crippen LogP contribution in [0.2, 0.25) is 0 Å². The molecule has 168 valence electrons. The van der Waals surface area contributed by atoms with Gasteiger partial charge >= 0.3 is 11.9 Å². The highest BCUT2D eigenvalue weighted by Crippen LogP contribution is 2.32. The van der Waals surface area contributed by atoms with Gasteiger partial charge in [0, 0.05) is 10.9 Å². The van der Waals surface area contributed by atoms with Gasteiger partial charge < -0.3 is 15.2 Å². The summed E-state index contributed by atoms with van der Waals surface area (Å²) < 4.78 is 11.2. The van der Waals surface area contributed by atoms with Gasteiger partial charge in [-0.15, -0.1) is 0 Å². The fourth-order valence-corrected chi connectivity index (χ4v) is 3.16. The fourth-order valence-electron chi connectivity index (χ4n) is 2.89. The molecule has 3 aromatic rings. The molecule has 0 radical (unpaired) electrons. The van der Waals surface area contributed by atoms with E-state index in [4.69, 9.17) is 15.2 Å². The van der Waals surface area contributed by atoms with Crippen molar-refractivity contribution in [3.63, 3.8) is 0 Å². The summed E-state index contributed by atoms with van der Waals surface area (Å²) in [7, 11) is 0. The predicted molar refractivity (Wildman–Crippen MR) is 125 cm³/mol. The van der Waals surface area contributed by atoms with E-state index in [9.17, 15) is 9.59 Å². The Hall–Kier alpha value is -3.07. The van der Waals surface area contributed by atoms with E-state index in [2.05, 4.69) is 30.9 Å². The van der Waals surface area contributed by atoms with E-state index in [1.54, 1.807) is 71.9 Å². The smallest absolute Gasteiger partial charge is 0.359 e. The number of hydrogen-bond donors (Lipinski definition) is 1. The molecular weight excluding hydrogens is 476 g/mol. The lowest BCUT2D eigenvalue weighted by atomic mass is 10.0. The van der Waals surface area contributed by atoms with Crippen LogP contribution in [0.1, 0.15) is 62.5 Å². The number of carbonyl (C=O) groups is 2. The van der Waals surface area contributed by atoms with Gasteiger partial charge in [0.05, 0.1) is 5.52 Å². The van der Waals surface area contributed by atoms with Gasteiger partial charge in [-0.3, -0.25) is 0 Å². The van der Waals surface area contributed by atoms with Crippen molar-refractivity contribution < 1.29 is 19.1 Å². The van der Waals surface area contributed by atoms with Crippen LogP contribution in [-0.2, 0) is 9.47 Å². The molecule has 0 saturated heterocycles. The van der Waals surface area contributed by atoms with Crippen molar-refractivity contribution >= 4 is 44.6 Å². The molecule has 2 aromatic heterocycles. The second-order valence-corrected chi connectivity index (χ2v) is 9.92. The molecule has 0 fully saturated rings. The largest absolute Gasteiger partial charge is 0.455 e. The molecule has 2 heterocycles. The van der Waals surface area contributed by atoms with E-state index in [-0.39, 0.29) is 22.9 Å². The average molecular weight is 501 g/mol. The first-order valence-corrected chi connectivity index (χ1v) is 10.7. The van der Waals surface area contributed by atoms with Gasteiger partial charge in [0.25, 0.3) is 0 Å². The lowest BCUT2D eigenvalue weighted by Crippen LogP contribution is -2.25. The van der Waals surface area contributed by atoms with Gasteiger partial charge in [0.15, 0.2) is 11.5 Å². The molecule has 0 aliphatic heterocycles. The number of aromatic nitrogens is 3. The first-order valence-electron chi connectivity index (χ1n) is 9.95. The minimum absolute atomic E-state index is 0.00987. The molecule has 8 nitrogen and oxygen atoms in total. The van der Waals surface area contributed by atoms with Crippen LogP contribution < -0.4 is 5.73 Å². The predicted octanol–water partition coefficient (Wildman–Crippen LogP) is 4.95. The maximum atomic E-state index is 12.9. The zero-order valence-electron chi connectivity index (χ0n) is 18.8. The summed E-state index contributed by atoms with van der Waals surface area (Å²) in [4.78, 5) is 38.4. The van der Waals surface area contributed by atoms with Crippen molar-refractivity contribution in [2.45, 2.75) is 52.7 Å². The van der Waals surface area contributed by atoms with E-state index in [1.807, 2.05) is 0 Å². The number of rotatable bonds is 3. The monoisotopic (exact) mass is 500 g/mol. The SMILES string of the molecule is CC(C)(C)OC(=O)c1ccc2c(-c3nc(Br)c(N)nc3C(=O)OC(C)(C)C)cccc2n1. The van der Waals surface area contributed by atoms with Gasteiger partial charge in [0.2, 0.25) is 0 Å². The van der Waals surface area contributed by atoms with E-state index < -0.39 is 23.1 Å². The van der Waals surface area contributed by atoms with Crippen LogP contribution in [0.25, 0.3) is 22.2 Å². The van der Waals surface area contributed by atoms with Crippen LogP contribution in [0.4, 0.5) is 5.82 Å². The highest BCUT2D eigenvalue weighted by Gasteiger charge is 2.26. The molecule has 0 saturated carbocycles. The minimum Gasteiger partial charge on any atom is -0.455 e. The normalized spacial score (nSPS) is 12.0. The molecule has 0 amide bonds. The summed E-state index contributed by atoms with van der Waals surface area (Å²) in [5, 5.41) is 0.676. The van der Waals surface area contributed by atoms with Gasteiger partial charge in [-0.25, -0.2) is 24.5 Å². The number of ether oxygens (including phenoxy) is 2. The molecule has 0 bridgehead atoms. The number of hydrogen-bond acceptors (Lipinski definition) is 8. The zero-order chi connectivity index (χ0) is 23.8. The number of benzene rings is 1. The molecule has 2 N–H and O–H groups in total. The van der Waals surface area contributed by atoms with Crippen LogP contribution >= 0.6 is 15.9 Å². The summed E-state index contributed by atoms with van der Waals surface area (Å²) in [5.41, 5.74) is 6.13. The number of anilines is 1. The number of carbonyl (C=O) groups excluding carboxylic acids is 2. The number of nitrogens with two attached hydrogens (primary N) is 1. The third-order valence-electron chi connectivity index (χ3n) is 4.07. The molecule has 0 unspecified atom stereocenters. The van der Waals surface area contributed by atoms with E-state index in [1.165, 1.54) is 0 Å². The molecule has 1 aromatic carbocycles. The summed E-state index contributed by atoms with van der Waals surface area (Å²) in [6.45, 7) is 10.7. The van der Waals surface area contributed by atoms with Gasteiger partial charge in [-0.05, 0) is 75.7 Å².